The van der Waals surface area contributed by atoms with Crippen LogP contribution in [0.2, 0.25) is 0 Å². The number of aryl methyl sites for hydroxylation is 1. The number of furan rings is 1. The zero-order chi connectivity index (χ0) is 20.0. The summed E-state index contributed by atoms with van der Waals surface area (Å²) < 4.78 is 13.3. The zero-order valence-electron chi connectivity index (χ0n) is 16.7. The molecule has 3 heterocycles. The lowest BCUT2D eigenvalue weighted by Crippen LogP contribution is -2.52. The summed E-state index contributed by atoms with van der Waals surface area (Å²) in [7, 11) is 0. The van der Waals surface area contributed by atoms with Gasteiger partial charge in [0.2, 0.25) is 0 Å². The first-order valence-corrected chi connectivity index (χ1v) is 9.68. The highest BCUT2D eigenvalue weighted by Crippen LogP contribution is 2.31. The van der Waals surface area contributed by atoms with Crippen LogP contribution < -0.4 is 4.74 Å². The summed E-state index contributed by atoms with van der Waals surface area (Å²) >= 11 is 0. The maximum absolute atomic E-state index is 13.2. The van der Waals surface area contributed by atoms with Crippen LogP contribution in [0.1, 0.15) is 42.6 Å². The molecule has 1 amide bonds. The van der Waals surface area contributed by atoms with E-state index < -0.39 is 6.10 Å². The number of hydrogen-bond donors (Lipinski definition) is 1. The van der Waals surface area contributed by atoms with E-state index in [2.05, 4.69) is 0 Å². The number of amides is 1. The summed E-state index contributed by atoms with van der Waals surface area (Å²) in [6.45, 7) is 8.57. The molecule has 1 aliphatic rings. The number of fused-ring (bicyclic) bond motifs is 3. The maximum Gasteiger partial charge on any atom is 0.271 e. The first-order valence-electron chi connectivity index (χ1n) is 9.68. The van der Waals surface area contributed by atoms with Crippen LogP contribution in [0.15, 0.2) is 40.8 Å². The third-order valence-electron chi connectivity index (χ3n) is 5.17. The summed E-state index contributed by atoms with van der Waals surface area (Å²) in [6, 6.07) is 11.2. The van der Waals surface area contributed by atoms with Gasteiger partial charge in [0.1, 0.15) is 17.2 Å². The van der Waals surface area contributed by atoms with Crippen molar-refractivity contribution in [2.45, 2.75) is 59.0 Å². The van der Waals surface area contributed by atoms with Crippen molar-refractivity contribution < 1.29 is 19.1 Å². The molecule has 1 aliphatic heterocycles. The molecule has 0 radical (unpaired) electrons. The van der Waals surface area contributed by atoms with Gasteiger partial charge in [0.25, 0.3) is 5.91 Å². The fourth-order valence-electron chi connectivity index (χ4n) is 3.87. The molecule has 28 heavy (non-hydrogen) atoms. The second-order valence-corrected chi connectivity index (χ2v) is 7.80. The van der Waals surface area contributed by atoms with Crippen molar-refractivity contribution >= 4 is 17.0 Å². The number of rotatable bonds is 5. The highest BCUT2D eigenvalue weighted by molar-refractivity contribution is 5.98. The van der Waals surface area contributed by atoms with Gasteiger partial charge in [0.05, 0.1) is 23.8 Å². The molecule has 0 spiro atoms. The maximum atomic E-state index is 13.2. The Kier molecular flexibility index (Phi) is 4.67. The Morgan fingerprint density at radius 3 is 2.57 bits per heavy atom. The Bertz CT molecular complexity index is 998. The van der Waals surface area contributed by atoms with Crippen molar-refractivity contribution in [3.63, 3.8) is 0 Å². The van der Waals surface area contributed by atoms with Crippen molar-refractivity contribution in [3.8, 4) is 5.75 Å². The lowest BCUT2D eigenvalue weighted by atomic mass is 10.0. The average molecular weight is 382 g/mol. The monoisotopic (exact) mass is 382 g/mol. The lowest BCUT2D eigenvalue weighted by Gasteiger charge is -2.38. The number of hydrogen-bond acceptors (Lipinski definition) is 4. The van der Waals surface area contributed by atoms with Gasteiger partial charge in [-0.25, -0.2) is 0 Å². The fourth-order valence-corrected chi connectivity index (χ4v) is 3.87. The first kappa shape index (κ1) is 18.6. The van der Waals surface area contributed by atoms with Crippen molar-refractivity contribution in [1.29, 1.82) is 0 Å². The lowest BCUT2D eigenvalue weighted by molar-refractivity contribution is 0.0250. The minimum Gasteiger partial charge on any atom is -0.491 e. The summed E-state index contributed by atoms with van der Waals surface area (Å²) in [5, 5.41) is 10.4. The summed E-state index contributed by atoms with van der Waals surface area (Å²) in [5.74, 6) is 1.52. The van der Waals surface area contributed by atoms with E-state index in [1.165, 1.54) is 0 Å². The van der Waals surface area contributed by atoms with Gasteiger partial charge in [-0.05, 0) is 45.4 Å². The van der Waals surface area contributed by atoms with Gasteiger partial charge < -0.3 is 23.7 Å². The number of aliphatic hydroxyl groups is 1. The zero-order valence-corrected chi connectivity index (χ0v) is 16.7. The summed E-state index contributed by atoms with van der Waals surface area (Å²) in [6.07, 6.45) is -0.533. The third-order valence-corrected chi connectivity index (χ3v) is 5.17. The van der Waals surface area contributed by atoms with Crippen LogP contribution in [-0.2, 0) is 13.1 Å². The van der Waals surface area contributed by atoms with Crippen LogP contribution in [0.5, 0.6) is 5.75 Å². The predicted molar refractivity (Wildman–Crippen MR) is 106 cm³/mol. The molecule has 1 N–H and O–H groups in total. The van der Waals surface area contributed by atoms with E-state index in [9.17, 15) is 9.90 Å². The van der Waals surface area contributed by atoms with Crippen molar-refractivity contribution in [2.75, 3.05) is 0 Å². The van der Waals surface area contributed by atoms with Crippen molar-refractivity contribution in [3.05, 3.63) is 53.4 Å². The number of carbonyl (C=O) groups excluding carboxylic acids is 1. The molecular formula is C22H26N2O4. The minimum absolute atomic E-state index is 0.0938. The molecule has 4 rings (SSSR count). The predicted octanol–water partition coefficient (Wildman–Crippen LogP) is 3.74. The number of aliphatic hydroxyl groups excluding tert-OH is 1. The molecule has 0 fully saturated rings. The molecule has 6 heteroatoms. The SMILES string of the molecule is Cc1cc2c(cc3n2CC(C(C)O)N(Cc2ccc(OC(C)C)cc2)C3=O)o1. The molecule has 0 bridgehead atoms. The van der Waals surface area contributed by atoms with E-state index in [0.29, 0.717) is 24.4 Å². The molecule has 2 aromatic heterocycles. The van der Waals surface area contributed by atoms with E-state index in [0.717, 1.165) is 22.6 Å². The molecule has 0 saturated heterocycles. The van der Waals surface area contributed by atoms with E-state index in [-0.39, 0.29) is 18.1 Å². The molecule has 0 aliphatic carbocycles. The second kappa shape index (κ2) is 7.02. The van der Waals surface area contributed by atoms with Crippen LogP contribution in [0.3, 0.4) is 0 Å². The molecule has 2 unspecified atom stereocenters. The van der Waals surface area contributed by atoms with Crippen LogP contribution >= 0.6 is 0 Å². The van der Waals surface area contributed by atoms with E-state index in [1.54, 1.807) is 17.9 Å². The van der Waals surface area contributed by atoms with E-state index >= 15 is 0 Å². The number of aromatic nitrogens is 1. The number of carbonyl (C=O) groups is 1. The minimum atomic E-state index is -0.647. The normalized spacial score (nSPS) is 18.0. The van der Waals surface area contributed by atoms with Gasteiger partial charge in [-0.1, -0.05) is 12.1 Å². The van der Waals surface area contributed by atoms with Crippen molar-refractivity contribution in [1.82, 2.24) is 9.47 Å². The molecule has 0 saturated carbocycles. The van der Waals surface area contributed by atoms with E-state index in [4.69, 9.17) is 9.15 Å². The van der Waals surface area contributed by atoms with Gasteiger partial charge in [0.15, 0.2) is 5.58 Å². The van der Waals surface area contributed by atoms with Crippen LogP contribution in [0.4, 0.5) is 0 Å². The Labute approximate surface area is 164 Å². The Morgan fingerprint density at radius 2 is 1.93 bits per heavy atom. The highest BCUT2D eigenvalue weighted by atomic mass is 16.5. The second-order valence-electron chi connectivity index (χ2n) is 7.80. The average Bonchev–Trinajstić information content (AvgIpc) is 3.14. The number of nitrogens with zero attached hydrogens (tertiary/aromatic N) is 2. The summed E-state index contributed by atoms with van der Waals surface area (Å²) in [4.78, 5) is 15.0. The smallest absolute Gasteiger partial charge is 0.271 e. The van der Waals surface area contributed by atoms with Gasteiger partial charge in [-0.3, -0.25) is 4.79 Å². The molecule has 1 aromatic carbocycles. The quantitative estimate of drug-likeness (QED) is 0.730. The molecular weight excluding hydrogens is 356 g/mol. The Morgan fingerprint density at radius 1 is 1.21 bits per heavy atom. The van der Waals surface area contributed by atoms with Crippen LogP contribution in [0, 0.1) is 6.92 Å². The van der Waals surface area contributed by atoms with Crippen LogP contribution in [-0.4, -0.2) is 38.7 Å². The van der Waals surface area contributed by atoms with E-state index in [1.807, 2.05) is 55.7 Å². The molecule has 3 aromatic rings. The van der Waals surface area contributed by atoms with Gasteiger partial charge >= 0.3 is 0 Å². The standard InChI is InChI=1S/C22H26N2O4/c1-13(2)27-17-7-5-16(6-8-17)11-24-20(15(4)25)12-23-18-9-14(3)28-21(18)10-19(23)22(24)26/h5-10,13,15,20,25H,11-12H2,1-4H3. The third kappa shape index (κ3) is 3.29. The molecule has 148 valence electrons. The fraction of sp³-hybridized carbons (Fsp3) is 0.409. The highest BCUT2D eigenvalue weighted by Gasteiger charge is 2.36. The Balaban J connectivity index is 1.63. The van der Waals surface area contributed by atoms with Gasteiger partial charge in [-0.15, -0.1) is 0 Å². The van der Waals surface area contributed by atoms with Crippen LogP contribution in [0.25, 0.3) is 11.1 Å². The topological polar surface area (TPSA) is 67.8 Å². The number of ether oxygens (including phenoxy) is 1. The number of benzene rings is 1. The largest absolute Gasteiger partial charge is 0.491 e. The van der Waals surface area contributed by atoms with Gasteiger partial charge in [0, 0.05) is 25.2 Å². The summed E-state index contributed by atoms with van der Waals surface area (Å²) in [5.41, 5.74) is 3.21. The van der Waals surface area contributed by atoms with Gasteiger partial charge in [-0.2, -0.15) is 0 Å². The first-order chi connectivity index (χ1) is 13.3. The Hall–Kier alpha value is -2.73. The van der Waals surface area contributed by atoms with Crippen molar-refractivity contribution in [2.24, 2.45) is 0 Å². The molecule has 2 atom stereocenters. The molecule has 6 nitrogen and oxygen atoms in total.